The Bertz CT molecular complexity index is 3160. The van der Waals surface area contributed by atoms with Crippen LogP contribution in [0.2, 0.25) is 0 Å². The van der Waals surface area contributed by atoms with Crippen molar-refractivity contribution in [2.24, 2.45) is 9.98 Å². The molecule has 0 spiro atoms. The van der Waals surface area contributed by atoms with Crippen molar-refractivity contribution in [3.63, 3.8) is 0 Å². The summed E-state index contributed by atoms with van der Waals surface area (Å²) in [5.74, 6) is 1.64. The third-order valence-corrected chi connectivity index (χ3v) is 11.2. The Morgan fingerprint density at radius 3 is 1.78 bits per heavy atom. The molecule has 1 atom stereocenters. The van der Waals surface area contributed by atoms with Gasteiger partial charge in [-0.25, -0.2) is 9.98 Å². The fraction of sp³-hybridized carbons (Fsp3) is 0.0400. The van der Waals surface area contributed by atoms with Crippen LogP contribution in [0.5, 0.6) is 0 Å². The van der Waals surface area contributed by atoms with Gasteiger partial charge in [-0.05, 0) is 45.1 Å². The Hall–Kier alpha value is -7.04. The molecule has 0 fully saturated rings. The summed E-state index contributed by atoms with van der Waals surface area (Å²) in [6, 6.07) is 65.3. The molecule has 254 valence electrons. The van der Waals surface area contributed by atoms with Gasteiger partial charge >= 0.3 is 0 Å². The van der Waals surface area contributed by atoms with E-state index in [1.54, 1.807) is 0 Å². The van der Waals surface area contributed by atoms with Crippen molar-refractivity contribution in [3.8, 4) is 5.69 Å². The minimum Gasteiger partial charge on any atom is -0.333 e. The Morgan fingerprint density at radius 1 is 0.444 bits per heavy atom. The lowest BCUT2D eigenvalue weighted by Gasteiger charge is -2.33. The maximum atomic E-state index is 5.46. The Kier molecular flexibility index (Phi) is 6.80. The third kappa shape index (κ3) is 4.50. The third-order valence-electron chi connectivity index (χ3n) is 11.2. The van der Waals surface area contributed by atoms with E-state index in [1.807, 2.05) is 6.07 Å². The van der Waals surface area contributed by atoms with Crippen LogP contribution in [0.3, 0.4) is 0 Å². The molecule has 54 heavy (non-hydrogen) atoms. The van der Waals surface area contributed by atoms with Gasteiger partial charge in [-0.3, -0.25) is 0 Å². The number of hydrogen-bond donors (Lipinski definition) is 0. The number of rotatable bonds is 4. The molecule has 4 heteroatoms. The summed E-state index contributed by atoms with van der Waals surface area (Å²) in [6.45, 7) is 0. The monoisotopic (exact) mass is 690 g/mol. The number of aliphatic imine (C=N–C) groups is 2. The molecule has 4 nitrogen and oxygen atoms in total. The first-order valence-electron chi connectivity index (χ1n) is 18.5. The summed E-state index contributed by atoms with van der Waals surface area (Å²) in [6.07, 6.45) is -0.314. The SMILES string of the molecule is CN1C(c2ccccc2)=NC(c2ccccc2)=NC1c1cc2c3ccccc3c3c(c4ccc5ccccc5c4n3-c3ccccc3)c2c2ccccc12. The van der Waals surface area contributed by atoms with Gasteiger partial charge in [-0.2, -0.15) is 0 Å². The second kappa shape index (κ2) is 12.0. The summed E-state index contributed by atoms with van der Waals surface area (Å²) in [5.41, 5.74) is 6.82. The van der Waals surface area contributed by atoms with Crippen LogP contribution in [0.15, 0.2) is 192 Å². The van der Waals surface area contributed by atoms with E-state index in [0.29, 0.717) is 0 Å². The lowest BCUT2D eigenvalue weighted by atomic mass is 9.89. The lowest BCUT2D eigenvalue weighted by Crippen LogP contribution is -2.35. The van der Waals surface area contributed by atoms with Gasteiger partial charge in [0.05, 0.1) is 11.0 Å². The number of benzene rings is 9. The van der Waals surface area contributed by atoms with Crippen molar-refractivity contribution in [1.82, 2.24) is 9.47 Å². The first-order valence-corrected chi connectivity index (χ1v) is 18.5. The molecule has 0 aliphatic carbocycles. The second-order valence-corrected chi connectivity index (χ2v) is 14.2. The highest BCUT2D eigenvalue weighted by Crippen LogP contribution is 2.48. The molecular weight excluding hydrogens is 657 g/mol. The van der Waals surface area contributed by atoms with E-state index in [4.69, 9.17) is 9.98 Å². The van der Waals surface area contributed by atoms with E-state index in [-0.39, 0.29) is 6.17 Å². The normalized spacial score (nSPS) is 14.8. The summed E-state index contributed by atoms with van der Waals surface area (Å²) in [4.78, 5) is 12.9. The van der Waals surface area contributed by atoms with Crippen molar-refractivity contribution >= 4 is 76.6 Å². The summed E-state index contributed by atoms with van der Waals surface area (Å²) < 4.78 is 2.51. The van der Waals surface area contributed by atoms with Gasteiger partial charge in [0.2, 0.25) is 0 Å². The van der Waals surface area contributed by atoms with Gasteiger partial charge < -0.3 is 9.47 Å². The number of nitrogens with zero attached hydrogens (tertiary/aromatic N) is 4. The van der Waals surface area contributed by atoms with Crippen LogP contribution in [0.4, 0.5) is 0 Å². The van der Waals surface area contributed by atoms with Crippen molar-refractivity contribution in [2.75, 3.05) is 7.05 Å². The molecule has 1 aromatic heterocycles. The van der Waals surface area contributed by atoms with Crippen LogP contribution in [0.1, 0.15) is 22.9 Å². The van der Waals surface area contributed by atoms with E-state index in [2.05, 4.69) is 192 Å². The first-order chi connectivity index (χ1) is 26.7. The highest BCUT2D eigenvalue weighted by atomic mass is 15.3. The molecule has 2 heterocycles. The van der Waals surface area contributed by atoms with E-state index in [1.165, 1.54) is 64.9 Å². The van der Waals surface area contributed by atoms with Crippen LogP contribution in [-0.2, 0) is 0 Å². The number of aromatic nitrogens is 1. The Labute approximate surface area is 312 Å². The van der Waals surface area contributed by atoms with Crippen molar-refractivity contribution in [3.05, 3.63) is 199 Å². The van der Waals surface area contributed by atoms with Gasteiger partial charge in [-0.1, -0.05) is 164 Å². The Balaban J connectivity index is 1.30. The molecule has 9 aromatic carbocycles. The van der Waals surface area contributed by atoms with Gasteiger partial charge in [0, 0.05) is 56.4 Å². The quantitative estimate of drug-likeness (QED) is 0.169. The number of amidine groups is 2. The van der Waals surface area contributed by atoms with Crippen LogP contribution in [0, 0.1) is 0 Å². The molecule has 0 bridgehead atoms. The van der Waals surface area contributed by atoms with Crippen LogP contribution in [0.25, 0.3) is 70.6 Å². The molecular formula is C50H34N4. The van der Waals surface area contributed by atoms with Gasteiger partial charge in [0.15, 0.2) is 12.0 Å². The predicted octanol–water partition coefficient (Wildman–Crippen LogP) is 12.2. The zero-order valence-corrected chi connectivity index (χ0v) is 29.7. The second-order valence-electron chi connectivity index (χ2n) is 14.2. The average Bonchev–Trinajstić information content (AvgIpc) is 3.60. The molecule has 0 radical (unpaired) electrons. The standard InChI is InChI=1S/C50H34N4/c1-53-49(34-20-7-3-8-21-34)51-48(33-18-5-2-6-19-33)52-50(53)43-31-42-38-26-14-16-28-40(38)47-45(44(42)39-27-15-13-25-37(39)43)41-30-29-32-17-11-12-24-36(32)46(41)54(47)35-22-9-4-10-23-35/h2-31,50H,1H3. The van der Waals surface area contributed by atoms with Crippen LogP contribution < -0.4 is 0 Å². The smallest absolute Gasteiger partial charge is 0.159 e. The Morgan fingerprint density at radius 2 is 1.04 bits per heavy atom. The molecule has 0 N–H and O–H groups in total. The highest BCUT2D eigenvalue weighted by Gasteiger charge is 2.30. The lowest BCUT2D eigenvalue weighted by molar-refractivity contribution is 0.385. The van der Waals surface area contributed by atoms with Crippen LogP contribution in [-0.4, -0.2) is 28.2 Å². The zero-order chi connectivity index (χ0) is 35.8. The molecule has 1 aliphatic rings. The van der Waals surface area contributed by atoms with E-state index in [0.717, 1.165) is 34.0 Å². The number of hydrogen-bond acceptors (Lipinski definition) is 3. The largest absolute Gasteiger partial charge is 0.333 e. The maximum absolute atomic E-state index is 5.46. The molecule has 0 saturated carbocycles. The zero-order valence-electron chi connectivity index (χ0n) is 29.7. The predicted molar refractivity (Wildman–Crippen MR) is 227 cm³/mol. The van der Waals surface area contributed by atoms with Crippen molar-refractivity contribution in [1.29, 1.82) is 0 Å². The van der Waals surface area contributed by atoms with Crippen molar-refractivity contribution in [2.45, 2.75) is 6.17 Å². The summed E-state index contributed by atoms with van der Waals surface area (Å²) in [5, 5.41) is 12.3. The summed E-state index contributed by atoms with van der Waals surface area (Å²) >= 11 is 0. The number of para-hydroxylation sites is 1. The van der Waals surface area contributed by atoms with Gasteiger partial charge in [-0.15, -0.1) is 0 Å². The van der Waals surface area contributed by atoms with Gasteiger partial charge in [0.1, 0.15) is 5.84 Å². The topological polar surface area (TPSA) is 32.9 Å². The minimum atomic E-state index is -0.314. The fourth-order valence-electron chi connectivity index (χ4n) is 8.80. The van der Waals surface area contributed by atoms with E-state index >= 15 is 0 Å². The first kappa shape index (κ1) is 30.6. The average molecular weight is 691 g/mol. The van der Waals surface area contributed by atoms with E-state index < -0.39 is 0 Å². The maximum Gasteiger partial charge on any atom is 0.159 e. The molecule has 0 saturated heterocycles. The molecule has 1 unspecified atom stereocenters. The van der Waals surface area contributed by atoms with Gasteiger partial charge in [0.25, 0.3) is 0 Å². The molecule has 1 aliphatic heterocycles. The molecule has 11 rings (SSSR count). The van der Waals surface area contributed by atoms with Crippen molar-refractivity contribution < 1.29 is 0 Å². The molecule has 10 aromatic rings. The minimum absolute atomic E-state index is 0.314. The molecule has 0 amide bonds. The number of fused-ring (bicyclic) bond motifs is 12. The summed E-state index contributed by atoms with van der Waals surface area (Å²) in [7, 11) is 2.13. The highest BCUT2D eigenvalue weighted by molar-refractivity contribution is 6.38. The fourth-order valence-corrected chi connectivity index (χ4v) is 8.80. The van der Waals surface area contributed by atoms with Crippen LogP contribution >= 0.6 is 0 Å². The van der Waals surface area contributed by atoms with E-state index in [9.17, 15) is 0 Å².